The first-order chi connectivity index (χ1) is 12.2. The van der Waals surface area contributed by atoms with E-state index in [4.69, 9.17) is 14.2 Å². The lowest BCUT2D eigenvalue weighted by molar-refractivity contribution is 0.171. The lowest BCUT2D eigenvalue weighted by atomic mass is 10.1. The molecule has 0 atom stereocenters. The number of rotatable bonds is 6. The Morgan fingerprint density at radius 2 is 1.72 bits per heavy atom. The van der Waals surface area contributed by atoms with E-state index in [1.807, 2.05) is 42.5 Å². The first-order valence-corrected chi connectivity index (χ1v) is 8.28. The topological polar surface area (TPSA) is 68.8 Å². The SMILES string of the molecule is COc1ccc(CCNC(=O)NCc2ccc3c(c2)OCCO3)cc1. The lowest BCUT2D eigenvalue weighted by Gasteiger charge is -2.19. The molecular weight excluding hydrogens is 320 g/mol. The number of hydrogen-bond acceptors (Lipinski definition) is 4. The maximum absolute atomic E-state index is 11.9. The third-order valence-corrected chi connectivity index (χ3v) is 3.92. The molecule has 2 amide bonds. The first-order valence-electron chi connectivity index (χ1n) is 8.28. The molecule has 0 spiro atoms. The van der Waals surface area contributed by atoms with Gasteiger partial charge in [-0.15, -0.1) is 0 Å². The molecule has 0 fully saturated rings. The number of amides is 2. The molecule has 0 saturated heterocycles. The third kappa shape index (κ3) is 4.79. The van der Waals surface area contributed by atoms with Crippen LogP contribution >= 0.6 is 0 Å². The highest BCUT2D eigenvalue weighted by molar-refractivity contribution is 5.73. The van der Waals surface area contributed by atoms with E-state index in [0.29, 0.717) is 26.3 Å². The van der Waals surface area contributed by atoms with E-state index in [2.05, 4.69) is 10.6 Å². The summed E-state index contributed by atoms with van der Waals surface area (Å²) in [6, 6.07) is 13.3. The third-order valence-electron chi connectivity index (χ3n) is 3.92. The molecule has 1 aliphatic rings. The average molecular weight is 342 g/mol. The summed E-state index contributed by atoms with van der Waals surface area (Å²) in [5.41, 5.74) is 2.11. The highest BCUT2D eigenvalue weighted by atomic mass is 16.6. The maximum Gasteiger partial charge on any atom is 0.315 e. The largest absolute Gasteiger partial charge is 0.497 e. The van der Waals surface area contributed by atoms with Crippen LogP contribution in [0.5, 0.6) is 17.2 Å². The smallest absolute Gasteiger partial charge is 0.315 e. The number of carbonyl (C=O) groups is 1. The van der Waals surface area contributed by atoms with Gasteiger partial charge in [-0.1, -0.05) is 18.2 Å². The molecule has 132 valence electrons. The second-order valence-corrected chi connectivity index (χ2v) is 5.69. The van der Waals surface area contributed by atoms with Crippen molar-refractivity contribution >= 4 is 6.03 Å². The summed E-state index contributed by atoms with van der Waals surface area (Å²) < 4.78 is 16.1. The maximum atomic E-state index is 11.9. The van der Waals surface area contributed by atoms with E-state index in [1.165, 1.54) is 0 Å². The normalized spacial score (nSPS) is 12.4. The van der Waals surface area contributed by atoms with Crippen molar-refractivity contribution in [1.82, 2.24) is 10.6 Å². The molecule has 1 aliphatic heterocycles. The molecule has 0 radical (unpaired) electrons. The van der Waals surface area contributed by atoms with Gasteiger partial charge in [-0.25, -0.2) is 4.79 Å². The average Bonchev–Trinajstić information content (AvgIpc) is 2.67. The summed E-state index contributed by atoms with van der Waals surface area (Å²) >= 11 is 0. The highest BCUT2D eigenvalue weighted by Crippen LogP contribution is 2.30. The van der Waals surface area contributed by atoms with Crippen molar-refractivity contribution in [2.24, 2.45) is 0 Å². The minimum atomic E-state index is -0.191. The Bertz CT molecular complexity index is 716. The van der Waals surface area contributed by atoms with Crippen LogP contribution in [0, 0.1) is 0 Å². The van der Waals surface area contributed by atoms with Gasteiger partial charge in [-0.3, -0.25) is 0 Å². The molecular formula is C19H22N2O4. The van der Waals surface area contributed by atoms with Crippen LogP contribution < -0.4 is 24.8 Å². The van der Waals surface area contributed by atoms with Crippen molar-refractivity contribution in [3.63, 3.8) is 0 Å². The molecule has 6 heteroatoms. The van der Waals surface area contributed by atoms with E-state index in [0.717, 1.165) is 34.8 Å². The second kappa shape index (κ2) is 8.28. The van der Waals surface area contributed by atoms with Gasteiger partial charge in [-0.2, -0.15) is 0 Å². The number of methoxy groups -OCH3 is 1. The van der Waals surface area contributed by atoms with Gasteiger partial charge in [0.25, 0.3) is 0 Å². The second-order valence-electron chi connectivity index (χ2n) is 5.69. The van der Waals surface area contributed by atoms with Gasteiger partial charge in [-0.05, 0) is 41.8 Å². The summed E-state index contributed by atoms with van der Waals surface area (Å²) in [4.78, 5) is 11.9. The predicted molar refractivity (Wildman–Crippen MR) is 94.4 cm³/mol. The monoisotopic (exact) mass is 342 g/mol. The Morgan fingerprint density at radius 3 is 2.48 bits per heavy atom. The molecule has 0 saturated carbocycles. The number of benzene rings is 2. The molecule has 1 heterocycles. The molecule has 0 unspecified atom stereocenters. The fourth-order valence-corrected chi connectivity index (χ4v) is 2.56. The van der Waals surface area contributed by atoms with E-state index >= 15 is 0 Å². The van der Waals surface area contributed by atoms with Crippen LogP contribution in [-0.2, 0) is 13.0 Å². The zero-order valence-corrected chi connectivity index (χ0v) is 14.2. The van der Waals surface area contributed by atoms with Crippen molar-refractivity contribution in [2.75, 3.05) is 26.9 Å². The van der Waals surface area contributed by atoms with Gasteiger partial charge in [0.1, 0.15) is 19.0 Å². The number of urea groups is 1. The van der Waals surface area contributed by atoms with Crippen LogP contribution in [0.3, 0.4) is 0 Å². The van der Waals surface area contributed by atoms with Crippen LogP contribution in [-0.4, -0.2) is 32.9 Å². The Hall–Kier alpha value is -2.89. The first kappa shape index (κ1) is 17.0. The predicted octanol–water partition coefficient (Wildman–Crippen LogP) is 2.51. The molecule has 0 aliphatic carbocycles. The zero-order valence-electron chi connectivity index (χ0n) is 14.2. The van der Waals surface area contributed by atoms with Crippen molar-refractivity contribution in [3.05, 3.63) is 53.6 Å². The van der Waals surface area contributed by atoms with Crippen LogP contribution in [0.25, 0.3) is 0 Å². The standard InChI is InChI=1S/C19H22N2O4/c1-23-16-5-2-14(3-6-16)8-9-20-19(22)21-13-15-4-7-17-18(12-15)25-11-10-24-17/h2-7,12H,8-11,13H2,1H3,(H2,20,21,22). The van der Waals surface area contributed by atoms with Crippen LogP contribution in [0.15, 0.2) is 42.5 Å². The van der Waals surface area contributed by atoms with Gasteiger partial charge in [0, 0.05) is 13.1 Å². The Balaban J connectivity index is 1.40. The van der Waals surface area contributed by atoms with Crippen LogP contribution in [0.2, 0.25) is 0 Å². The van der Waals surface area contributed by atoms with Crippen LogP contribution in [0.4, 0.5) is 4.79 Å². The van der Waals surface area contributed by atoms with Crippen molar-refractivity contribution in [2.45, 2.75) is 13.0 Å². The highest BCUT2D eigenvalue weighted by Gasteiger charge is 2.11. The number of hydrogen-bond donors (Lipinski definition) is 2. The molecule has 3 rings (SSSR count). The zero-order chi connectivity index (χ0) is 17.5. The lowest BCUT2D eigenvalue weighted by Crippen LogP contribution is -2.36. The molecule has 6 nitrogen and oxygen atoms in total. The number of carbonyl (C=O) groups excluding carboxylic acids is 1. The molecule has 2 aromatic carbocycles. The van der Waals surface area contributed by atoms with Gasteiger partial charge in [0.15, 0.2) is 11.5 Å². The van der Waals surface area contributed by atoms with Crippen LogP contribution in [0.1, 0.15) is 11.1 Å². The fraction of sp³-hybridized carbons (Fsp3) is 0.316. The minimum Gasteiger partial charge on any atom is -0.497 e. The summed E-state index contributed by atoms with van der Waals surface area (Å²) in [7, 11) is 1.64. The molecule has 2 N–H and O–H groups in total. The van der Waals surface area contributed by atoms with E-state index in [-0.39, 0.29) is 6.03 Å². The number of nitrogens with one attached hydrogen (secondary N) is 2. The summed E-state index contributed by atoms with van der Waals surface area (Å²) in [5, 5.41) is 5.70. The van der Waals surface area contributed by atoms with E-state index < -0.39 is 0 Å². The summed E-state index contributed by atoms with van der Waals surface area (Å²) in [6.45, 7) is 2.13. The van der Waals surface area contributed by atoms with Crippen molar-refractivity contribution in [1.29, 1.82) is 0 Å². The molecule has 0 aromatic heterocycles. The Morgan fingerprint density at radius 1 is 1.00 bits per heavy atom. The van der Waals surface area contributed by atoms with E-state index in [9.17, 15) is 4.79 Å². The molecule has 25 heavy (non-hydrogen) atoms. The number of ether oxygens (including phenoxy) is 3. The Kier molecular flexibility index (Phi) is 5.61. The fourth-order valence-electron chi connectivity index (χ4n) is 2.56. The summed E-state index contributed by atoms with van der Waals surface area (Å²) in [6.07, 6.45) is 0.765. The molecule has 2 aromatic rings. The van der Waals surface area contributed by atoms with Gasteiger partial charge < -0.3 is 24.8 Å². The van der Waals surface area contributed by atoms with E-state index in [1.54, 1.807) is 7.11 Å². The van der Waals surface area contributed by atoms with Gasteiger partial charge in [0.2, 0.25) is 0 Å². The Labute approximate surface area is 147 Å². The van der Waals surface area contributed by atoms with Gasteiger partial charge >= 0.3 is 6.03 Å². The van der Waals surface area contributed by atoms with Crippen molar-refractivity contribution < 1.29 is 19.0 Å². The summed E-state index contributed by atoms with van der Waals surface area (Å²) in [5.74, 6) is 2.30. The number of fused-ring (bicyclic) bond motifs is 1. The quantitative estimate of drug-likeness (QED) is 0.846. The van der Waals surface area contributed by atoms with Gasteiger partial charge in [0.05, 0.1) is 7.11 Å². The minimum absolute atomic E-state index is 0.191. The van der Waals surface area contributed by atoms with Crippen molar-refractivity contribution in [3.8, 4) is 17.2 Å². The molecule has 0 bridgehead atoms.